The molecule has 1 aliphatic carbocycles. The molecule has 1 N–H and O–H groups in total. The molecule has 3 atom stereocenters. The molecule has 4 rings (SSSR count). The number of carbonyl (C=O) groups is 2. The van der Waals surface area contributed by atoms with E-state index in [1.165, 1.54) is 6.20 Å². The number of likely N-dealkylation sites (tertiary alicyclic amines) is 1. The smallest absolute Gasteiger partial charge is 0.326 e. The summed E-state index contributed by atoms with van der Waals surface area (Å²) >= 11 is 0. The lowest BCUT2D eigenvalue weighted by molar-refractivity contribution is -0.141. The Morgan fingerprint density at radius 1 is 1.36 bits per heavy atom. The maximum atomic E-state index is 13.2. The van der Waals surface area contributed by atoms with E-state index >= 15 is 0 Å². The number of carboxylic acid groups (broad SMARTS) is 1. The molecule has 132 valence electrons. The molecular formula is C18H21N3O4. The van der Waals surface area contributed by atoms with Gasteiger partial charge in [0.05, 0.1) is 16.6 Å². The maximum Gasteiger partial charge on any atom is 0.326 e. The van der Waals surface area contributed by atoms with E-state index in [9.17, 15) is 14.7 Å². The highest BCUT2D eigenvalue weighted by Crippen LogP contribution is 2.40. The lowest BCUT2D eigenvalue weighted by Crippen LogP contribution is -2.46. The maximum absolute atomic E-state index is 13.2. The van der Waals surface area contributed by atoms with Crippen LogP contribution in [0.3, 0.4) is 0 Å². The number of aromatic nitrogens is 2. The number of amides is 1. The quantitative estimate of drug-likeness (QED) is 0.920. The minimum atomic E-state index is -0.920. The Morgan fingerprint density at radius 2 is 2.16 bits per heavy atom. The Morgan fingerprint density at radius 3 is 2.92 bits per heavy atom. The lowest BCUT2D eigenvalue weighted by Gasteiger charge is -2.33. The van der Waals surface area contributed by atoms with Crippen molar-refractivity contribution in [3.05, 3.63) is 23.5 Å². The average Bonchev–Trinajstić information content (AvgIpc) is 3.21. The zero-order valence-electron chi connectivity index (χ0n) is 14.1. The van der Waals surface area contributed by atoms with E-state index in [-0.39, 0.29) is 17.9 Å². The van der Waals surface area contributed by atoms with Crippen LogP contribution in [0.5, 0.6) is 0 Å². The summed E-state index contributed by atoms with van der Waals surface area (Å²) in [6, 6.07) is 1.00. The molecule has 25 heavy (non-hydrogen) atoms. The minimum Gasteiger partial charge on any atom is -0.480 e. The molecule has 2 aliphatic rings. The number of pyridine rings is 1. The predicted molar refractivity (Wildman–Crippen MR) is 89.1 cm³/mol. The molecule has 2 aromatic heterocycles. The second kappa shape index (κ2) is 6.13. The monoisotopic (exact) mass is 343 g/mol. The summed E-state index contributed by atoms with van der Waals surface area (Å²) in [6.07, 6.45) is 6.73. The van der Waals surface area contributed by atoms with Gasteiger partial charge < -0.3 is 14.5 Å². The Bertz CT molecular complexity index is 831. The van der Waals surface area contributed by atoms with E-state index in [1.807, 2.05) is 6.92 Å². The minimum absolute atomic E-state index is 0.0196. The van der Waals surface area contributed by atoms with Gasteiger partial charge in [0.2, 0.25) is 0 Å². The third-order valence-corrected chi connectivity index (χ3v) is 5.59. The van der Waals surface area contributed by atoms with Gasteiger partial charge in [0.25, 0.3) is 11.6 Å². The molecule has 3 unspecified atom stereocenters. The molecule has 0 aromatic carbocycles. The molecule has 0 bridgehead atoms. The van der Waals surface area contributed by atoms with Gasteiger partial charge in [-0.3, -0.25) is 4.79 Å². The number of fused-ring (bicyclic) bond motifs is 2. The van der Waals surface area contributed by atoms with Gasteiger partial charge in [0.1, 0.15) is 6.04 Å². The number of aryl methyl sites for hydroxylation is 1. The first-order chi connectivity index (χ1) is 12.1. The van der Waals surface area contributed by atoms with Crippen LogP contribution < -0.4 is 0 Å². The van der Waals surface area contributed by atoms with Crippen molar-refractivity contribution in [2.75, 3.05) is 0 Å². The first kappa shape index (κ1) is 16.1. The summed E-state index contributed by atoms with van der Waals surface area (Å²) in [5.41, 5.74) is 1.56. The normalized spacial score (nSPS) is 26.0. The van der Waals surface area contributed by atoms with Gasteiger partial charge in [0.15, 0.2) is 0 Å². The van der Waals surface area contributed by atoms with Gasteiger partial charge in [-0.05, 0) is 37.7 Å². The second-order valence-corrected chi connectivity index (χ2v) is 6.97. The van der Waals surface area contributed by atoms with E-state index < -0.39 is 12.0 Å². The third-order valence-electron chi connectivity index (χ3n) is 5.59. The van der Waals surface area contributed by atoms with Crippen molar-refractivity contribution in [1.29, 1.82) is 0 Å². The van der Waals surface area contributed by atoms with Crippen LogP contribution in [0.2, 0.25) is 0 Å². The van der Waals surface area contributed by atoms with Crippen molar-refractivity contribution >= 4 is 23.0 Å². The molecule has 7 heteroatoms. The number of hydrogen-bond donors (Lipinski definition) is 1. The first-order valence-electron chi connectivity index (χ1n) is 8.90. The van der Waals surface area contributed by atoms with Crippen LogP contribution in [0.4, 0.5) is 0 Å². The van der Waals surface area contributed by atoms with Gasteiger partial charge in [-0.2, -0.15) is 0 Å². The molecule has 1 saturated heterocycles. The molecule has 1 amide bonds. The molecule has 0 spiro atoms. The van der Waals surface area contributed by atoms with Crippen molar-refractivity contribution in [2.24, 2.45) is 5.92 Å². The molecule has 2 aromatic rings. The fourth-order valence-electron chi connectivity index (χ4n) is 4.37. The molecule has 1 saturated carbocycles. The van der Waals surface area contributed by atoms with Gasteiger partial charge in [-0.25, -0.2) is 9.78 Å². The summed E-state index contributed by atoms with van der Waals surface area (Å²) in [5.74, 6) is -0.882. The van der Waals surface area contributed by atoms with E-state index in [0.29, 0.717) is 24.1 Å². The van der Waals surface area contributed by atoms with Crippen LogP contribution in [0.15, 0.2) is 16.8 Å². The fourth-order valence-corrected chi connectivity index (χ4v) is 4.37. The summed E-state index contributed by atoms with van der Waals surface area (Å²) in [6.45, 7) is 1.96. The summed E-state index contributed by atoms with van der Waals surface area (Å²) < 4.78 is 5.17. The standard InChI is InChI=1S/C18H21N3O4/c1-2-13-12-7-11(9-19-16(12)25-20-13)17(22)21-14-6-4-3-5-10(14)8-15(21)18(23)24/h7,9-10,14-15H,2-6,8H2,1H3,(H,23,24). The molecule has 0 radical (unpaired) electrons. The Balaban J connectivity index is 1.71. The van der Waals surface area contributed by atoms with E-state index in [0.717, 1.165) is 36.8 Å². The average molecular weight is 343 g/mol. The van der Waals surface area contributed by atoms with E-state index in [1.54, 1.807) is 11.0 Å². The van der Waals surface area contributed by atoms with Crippen LogP contribution in [0, 0.1) is 5.92 Å². The van der Waals surface area contributed by atoms with Gasteiger partial charge in [-0.15, -0.1) is 0 Å². The molecular weight excluding hydrogens is 322 g/mol. The number of aliphatic carboxylic acids is 1. The van der Waals surface area contributed by atoms with Crippen molar-refractivity contribution in [2.45, 2.75) is 57.5 Å². The van der Waals surface area contributed by atoms with Gasteiger partial charge in [-0.1, -0.05) is 24.9 Å². The number of hydrogen-bond acceptors (Lipinski definition) is 5. The zero-order valence-corrected chi connectivity index (χ0v) is 14.1. The van der Waals surface area contributed by atoms with Crippen molar-refractivity contribution in [1.82, 2.24) is 15.0 Å². The second-order valence-electron chi connectivity index (χ2n) is 6.97. The number of rotatable bonds is 3. The highest BCUT2D eigenvalue weighted by atomic mass is 16.5. The Hall–Kier alpha value is -2.44. The third kappa shape index (κ3) is 2.58. The first-order valence-corrected chi connectivity index (χ1v) is 8.90. The van der Waals surface area contributed by atoms with Gasteiger partial charge in [0, 0.05) is 12.2 Å². The van der Waals surface area contributed by atoms with Crippen LogP contribution in [0.25, 0.3) is 11.1 Å². The molecule has 7 nitrogen and oxygen atoms in total. The number of carbonyl (C=O) groups excluding carboxylic acids is 1. The predicted octanol–water partition coefficient (Wildman–Crippen LogP) is 2.64. The summed E-state index contributed by atoms with van der Waals surface area (Å²) in [7, 11) is 0. The molecule has 2 fully saturated rings. The highest BCUT2D eigenvalue weighted by Gasteiger charge is 2.47. The van der Waals surface area contributed by atoms with E-state index in [4.69, 9.17) is 4.52 Å². The lowest BCUT2D eigenvalue weighted by atomic mass is 9.84. The van der Waals surface area contributed by atoms with Crippen LogP contribution in [-0.4, -0.2) is 44.1 Å². The molecule has 3 heterocycles. The summed E-state index contributed by atoms with van der Waals surface area (Å²) in [4.78, 5) is 30.7. The van der Waals surface area contributed by atoms with Gasteiger partial charge >= 0.3 is 5.97 Å². The van der Waals surface area contributed by atoms with Crippen LogP contribution in [-0.2, 0) is 11.2 Å². The Kier molecular flexibility index (Phi) is 3.94. The SMILES string of the molecule is CCc1noc2ncc(C(=O)N3C(C(=O)O)CC4CCCCC43)cc12. The zero-order chi connectivity index (χ0) is 17.6. The molecule has 1 aliphatic heterocycles. The topological polar surface area (TPSA) is 96.5 Å². The fraction of sp³-hybridized carbons (Fsp3) is 0.556. The van der Waals surface area contributed by atoms with Crippen molar-refractivity contribution < 1.29 is 19.2 Å². The van der Waals surface area contributed by atoms with E-state index in [2.05, 4.69) is 10.1 Å². The summed E-state index contributed by atoms with van der Waals surface area (Å²) in [5, 5.41) is 14.3. The highest BCUT2D eigenvalue weighted by molar-refractivity contribution is 5.99. The van der Waals surface area contributed by atoms with Crippen LogP contribution in [0.1, 0.15) is 55.1 Å². The van der Waals surface area contributed by atoms with Crippen molar-refractivity contribution in [3.8, 4) is 0 Å². The van der Waals surface area contributed by atoms with Crippen LogP contribution >= 0.6 is 0 Å². The Labute approximate surface area is 145 Å². The number of nitrogens with zero attached hydrogens (tertiary/aromatic N) is 3. The number of carboxylic acids is 1. The van der Waals surface area contributed by atoms with Crippen molar-refractivity contribution in [3.63, 3.8) is 0 Å². The largest absolute Gasteiger partial charge is 0.480 e.